The van der Waals surface area contributed by atoms with Gasteiger partial charge >= 0.3 is 0 Å². The molecule has 1 saturated heterocycles. The Hall–Kier alpha value is -3.02. The summed E-state index contributed by atoms with van der Waals surface area (Å²) in [6.07, 6.45) is 3.78. The molecule has 3 N–H and O–H groups in total. The number of aryl methyl sites for hydroxylation is 2. The minimum atomic E-state index is -3.92. The van der Waals surface area contributed by atoms with Crippen LogP contribution in [0.5, 0.6) is 5.75 Å². The van der Waals surface area contributed by atoms with E-state index in [9.17, 15) is 18.3 Å². The summed E-state index contributed by atoms with van der Waals surface area (Å²) >= 11 is 1.28. The van der Waals surface area contributed by atoms with Gasteiger partial charge in [0.2, 0.25) is 5.91 Å². The van der Waals surface area contributed by atoms with E-state index in [1.54, 1.807) is 19.2 Å². The fourth-order valence-corrected chi connectivity index (χ4v) is 5.99. The summed E-state index contributed by atoms with van der Waals surface area (Å²) in [7, 11) is -3.92. The number of aromatic nitrogens is 2. The van der Waals surface area contributed by atoms with E-state index < -0.39 is 10.0 Å². The molecule has 34 heavy (non-hydrogen) atoms. The average molecular weight is 503 g/mol. The molecule has 4 rings (SSSR count). The predicted octanol–water partition coefficient (Wildman–Crippen LogP) is 4.08. The number of hydrogen-bond donors (Lipinski definition) is 3. The first-order valence-electron chi connectivity index (χ1n) is 10.8. The van der Waals surface area contributed by atoms with Crippen LogP contribution in [0.4, 0.5) is 10.8 Å². The fourth-order valence-electron chi connectivity index (χ4n) is 3.75. The standard InChI is InChI=1S/C23H26N4O5S2/c1-14-20(34(30,31)27-18-3-5-19(28)6-4-18)12-17(13-24-14)22-15(2)25-23(33-22)26-21(29)11-16-7-9-32-10-8-16/h3-6,12-13,16,27-28H,7-11H2,1-2H3,(H,25,26,29). The SMILES string of the molecule is Cc1ncc(-c2sc(NC(=O)CC3CCOCC3)nc2C)cc1S(=O)(=O)Nc1ccc(O)cc1. The number of phenolic OH excluding ortho intramolecular Hbond substituents is 1. The summed E-state index contributed by atoms with van der Waals surface area (Å²) in [5, 5.41) is 12.8. The van der Waals surface area contributed by atoms with Gasteiger partial charge in [0.05, 0.1) is 16.3 Å². The van der Waals surface area contributed by atoms with Crippen molar-refractivity contribution < 1.29 is 23.1 Å². The molecule has 0 radical (unpaired) electrons. The van der Waals surface area contributed by atoms with Crippen molar-refractivity contribution in [2.75, 3.05) is 23.3 Å². The number of carbonyl (C=O) groups excluding carboxylic acids is 1. The van der Waals surface area contributed by atoms with E-state index in [-0.39, 0.29) is 16.6 Å². The maximum atomic E-state index is 13.0. The van der Waals surface area contributed by atoms with Crippen LogP contribution in [0.25, 0.3) is 10.4 Å². The lowest BCUT2D eigenvalue weighted by Gasteiger charge is -2.20. The molecular weight excluding hydrogens is 476 g/mol. The van der Waals surface area contributed by atoms with Gasteiger partial charge in [0.25, 0.3) is 10.0 Å². The summed E-state index contributed by atoms with van der Waals surface area (Å²) in [4.78, 5) is 22.0. The Morgan fingerprint density at radius 2 is 1.88 bits per heavy atom. The van der Waals surface area contributed by atoms with Gasteiger partial charge in [0, 0.05) is 37.1 Å². The lowest BCUT2D eigenvalue weighted by Crippen LogP contribution is -2.22. The van der Waals surface area contributed by atoms with Crippen molar-refractivity contribution in [2.45, 2.75) is 38.0 Å². The molecule has 11 heteroatoms. The van der Waals surface area contributed by atoms with E-state index in [2.05, 4.69) is 20.0 Å². The largest absolute Gasteiger partial charge is 0.508 e. The van der Waals surface area contributed by atoms with Crippen molar-refractivity contribution >= 4 is 38.1 Å². The van der Waals surface area contributed by atoms with Crippen LogP contribution >= 0.6 is 11.3 Å². The number of nitrogens with one attached hydrogen (secondary N) is 2. The van der Waals surface area contributed by atoms with E-state index in [0.717, 1.165) is 17.7 Å². The number of anilines is 2. The molecule has 1 aliphatic heterocycles. The number of sulfonamides is 1. The van der Waals surface area contributed by atoms with Crippen LogP contribution in [0.3, 0.4) is 0 Å². The van der Waals surface area contributed by atoms with E-state index in [0.29, 0.717) is 53.3 Å². The predicted molar refractivity (Wildman–Crippen MR) is 131 cm³/mol. The quantitative estimate of drug-likeness (QED) is 0.415. The molecule has 0 spiro atoms. The number of benzene rings is 1. The molecule has 1 aromatic carbocycles. The number of amides is 1. The number of pyridine rings is 1. The monoisotopic (exact) mass is 502 g/mol. The van der Waals surface area contributed by atoms with Crippen LogP contribution in [0, 0.1) is 19.8 Å². The first-order chi connectivity index (χ1) is 16.2. The van der Waals surface area contributed by atoms with Crippen molar-refractivity contribution in [1.29, 1.82) is 0 Å². The van der Waals surface area contributed by atoms with Gasteiger partial charge in [-0.05, 0) is 62.9 Å². The highest BCUT2D eigenvalue weighted by molar-refractivity contribution is 7.92. The lowest BCUT2D eigenvalue weighted by molar-refractivity contribution is -0.117. The second-order valence-corrected chi connectivity index (χ2v) is 10.9. The van der Waals surface area contributed by atoms with Crippen molar-refractivity contribution in [3.63, 3.8) is 0 Å². The molecule has 1 amide bonds. The molecule has 0 unspecified atom stereocenters. The Kier molecular flexibility index (Phi) is 7.15. The second-order valence-electron chi connectivity index (χ2n) is 8.20. The van der Waals surface area contributed by atoms with E-state index >= 15 is 0 Å². The van der Waals surface area contributed by atoms with Crippen molar-refractivity contribution in [2.24, 2.45) is 5.92 Å². The number of thiazole rings is 1. The highest BCUT2D eigenvalue weighted by atomic mass is 32.2. The second kappa shape index (κ2) is 10.1. The van der Waals surface area contributed by atoms with Crippen LogP contribution in [-0.2, 0) is 19.6 Å². The molecule has 1 aliphatic rings. The maximum absolute atomic E-state index is 13.0. The van der Waals surface area contributed by atoms with E-state index in [4.69, 9.17) is 4.74 Å². The van der Waals surface area contributed by atoms with Gasteiger partial charge in [-0.15, -0.1) is 0 Å². The summed E-state index contributed by atoms with van der Waals surface area (Å²) in [5.74, 6) is 0.263. The number of nitrogens with zero attached hydrogens (tertiary/aromatic N) is 2. The summed E-state index contributed by atoms with van der Waals surface area (Å²) < 4.78 is 33.9. The fraction of sp³-hybridized carbons (Fsp3) is 0.348. The van der Waals surface area contributed by atoms with E-state index in [1.807, 2.05) is 6.92 Å². The van der Waals surface area contributed by atoms with Crippen molar-refractivity contribution in [3.8, 4) is 16.2 Å². The number of ether oxygens (including phenoxy) is 1. The zero-order chi connectivity index (χ0) is 24.3. The zero-order valence-corrected chi connectivity index (χ0v) is 20.5. The molecule has 0 saturated carbocycles. The van der Waals surface area contributed by atoms with Gasteiger partial charge in [0.15, 0.2) is 5.13 Å². The number of carbonyl (C=O) groups is 1. The van der Waals surface area contributed by atoms with Gasteiger partial charge in [-0.25, -0.2) is 13.4 Å². The molecule has 3 heterocycles. The Morgan fingerprint density at radius 1 is 1.18 bits per heavy atom. The third kappa shape index (κ3) is 5.72. The Labute approximate surface area is 202 Å². The normalized spacial score (nSPS) is 14.6. The lowest BCUT2D eigenvalue weighted by atomic mass is 9.96. The molecular formula is C23H26N4O5S2. The molecule has 2 aromatic heterocycles. The molecule has 180 valence electrons. The minimum Gasteiger partial charge on any atom is -0.508 e. The summed E-state index contributed by atoms with van der Waals surface area (Å²) in [5.41, 5.74) is 1.94. The molecule has 0 atom stereocenters. The highest BCUT2D eigenvalue weighted by Gasteiger charge is 2.22. The van der Waals surface area contributed by atoms with Crippen molar-refractivity contribution in [3.05, 3.63) is 47.9 Å². The number of hydrogen-bond acceptors (Lipinski definition) is 8. The first kappa shape index (κ1) is 24.1. The van der Waals surface area contributed by atoms with Crippen LogP contribution < -0.4 is 10.0 Å². The van der Waals surface area contributed by atoms with E-state index in [1.165, 1.54) is 35.6 Å². The zero-order valence-electron chi connectivity index (χ0n) is 18.9. The molecule has 9 nitrogen and oxygen atoms in total. The molecule has 3 aromatic rings. The minimum absolute atomic E-state index is 0.0379. The Bertz CT molecular complexity index is 1280. The summed E-state index contributed by atoms with van der Waals surface area (Å²) in [6.45, 7) is 4.80. The Balaban J connectivity index is 1.53. The van der Waals surface area contributed by atoms with Gasteiger partial charge in [0.1, 0.15) is 10.6 Å². The first-order valence-corrected chi connectivity index (χ1v) is 13.1. The molecule has 1 fully saturated rings. The van der Waals surface area contributed by atoms with Gasteiger partial charge in [-0.3, -0.25) is 14.5 Å². The smallest absolute Gasteiger partial charge is 0.263 e. The van der Waals surface area contributed by atoms with Crippen LogP contribution in [-0.4, -0.2) is 42.6 Å². The summed E-state index contributed by atoms with van der Waals surface area (Å²) in [6, 6.07) is 7.30. The van der Waals surface area contributed by atoms with Crippen molar-refractivity contribution in [1.82, 2.24) is 9.97 Å². The average Bonchev–Trinajstić information content (AvgIpc) is 3.15. The van der Waals surface area contributed by atoms with Gasteiger partial charge in [-0.2, -0.15) is 0 Å². The number of phenols is 1. The van der Waals surface area contributed by atoms with Crippen LogP contribution in [0.1, 0.15) is 30.7 Å². The highest BCUT2D eigenvalue weighted by Crippen LogP contribution is 2.34. The number of rotatable bonds is 7. The molecule has 0 bridgehead atoms. The number of aromatic hydroxyl groups is 1. The Morgan fingerprint density at radius 3 is 2.59 bits per heavy atom. The topological polar surface area (TPSA) is 131 Å². The third-order valence-electron chi connectivity index (χ3n) is 5.57. The van der Waals surface area contributed by atoms with Gasteiger partial charge < -0.3 is 15.2 Å². The molecule has 0 aliphatic carbocycles. The van der Waals surface area contributed by atoms with Crippen LogP contribution in [0.2, 0.25) is 0 Å². The van der Waals surface area contributed by atoms with Crippen LogP contribution in [0.15, 0.2) is 41.4 Å². The maximum Gasteiger partial charge on any atom is 0.263 e. The van der Waals surface area contributed by atoms with Gasteiger partial charge in [-0.1, -0.05) is 11.3 Å². The third-order valence-corrected chi connectivity index (χ3v) is 8.19.